The first-order chi connectivity index (χ1) is 20.9. The lowest BCUT2D eigenvalue weighted by Gasteiger charge is -2.41. The van der Waals surface area contributed by atoms with E-state index in [1.54, 1.807) is 0 Å². The van der Waals surface area contributed by atoms with Gasteiger partial charge in [-0.3, -0.25) is 0 Å². The van der Waals surface area contributed by atoms with Gasteiger partial charge in [0.15, 0.2) is 5.65 Å². The summed E-state index contributed by atoms with van der Waals surface area (Å²) in [6, 6.07) is 18.0. The van der Waals surface area contributed by atoms with Gasteiger partial charge in [0.2, 0.25) is 11.8 Å². The maximum atomic E-state index is 11.8. The summed E-state index contributed by atoms with van der Waals surface area (Å²) >= 11 is 6.48. The molecular formula is C32H34ClN7O3. The Morgan fingerprint density at radius 3 is 2.56 bits per heavy atom. The van der Waals surface area contributed by atoms with Crippen LogP contribution >= 0.6 is 11.6 Å². The fourth-order valence-electron chi connectivity index (χ4n) is 6.59. The molecule has 43 heavy (non-hydrogen) atoms. The SMILES string of the molecule is C[C@@H]1OCCN(c2nc3nc(-c4n[nH]c(=O)o4)nc(-c4cccc(Cl)c4)c3n2C[C@H]2CC[C@H](C)CC2)[C@@H]1c1ccccc1. The second-order valence-electron chi connectivity index (χ2n) is 11.8. The largest absolute Gasteiger partial charge is 0.434 e. The van der Waals surface area contributed by atoms with Gasteiger partial charge >= 0.3 is 5.76 Å². The van der Waals surface area contributed by atoms with E-state index in [2.05, 4.69) is 57.8 Å². The Labute approximate surface area is 254 Å². The third-order valence-electron chi connectivity index (χ3n) is 8.78. The summed E-state index contributed by atoms with van der Waals surface area (Å²) in [4.78, 5) is 29.2. The topological polar surface area (TPSA) is 115 Å². The highest BCUT2D eigenvalue weighted by Crippen LogP contribution is 2.40. The quantitative estimate of drug-likeness (QED) is 0.242. The number of anilines is 1. The summed E-state index contributed by atoms with van der Waals surface area (Å²) in [5.74, 6) is 1.59. The molecular weight excluding hydrogens is 566 g/mol. The third kappa shape index (κ3) is 5.45. The highest BCUT2D eigenvalue weighted by molar-refractivity contribution is 6.30. The molecule has 2 fully saturated rings. The van der Waals surface area contributed by atoms with Crippen LogP contribution in [0, 0.1) is 11.8 Å². The van der Waals surface area contributed by atoms with Crippen molar-refractivity contribution in [2.45, 2.75) is 58.2 Å². The molecule has 2 atom stereocenters. The van der Waals surface area contributed by atoms with Crippen molar-refractivity contribution in [3.63, 3.8) is 0 Å². The van der Waals surface area contributed by atoms with E-state index in [1.807, 2.05) is 30.3 Å². The van der Waals surface area contributed by atoms with Crippen LogP contribution in [-0.4, -0.2) is 49.0 Å². The number of benzene rings is 2. The summed E-state index contributed by atoms with van der Waals surface area (Å²) in [5.41, 5.74) is 3.98. The molecule has 2 aliphatic rings. The molecule has 1 aliphatic carbocycles. The van der Waals surface area contributed by atoms with Gasteiger partial charge in [-0.15, -0.1) is 5.10 Å². The van der Waals surface area contributed by atoms with Gasteiger partial charge in [-0.2, -0.15) is 4.98 Å². The number of H-pyrrole nitrogens is 1. The molecule has 0 bridgehead atoms. The van der Waals surface area contributed by atoms with Gasteiger partial charge in [-0.05, 0) is 49.3 Å². The molecule has 1 saturated carbocycles. The van der Waals surface area contributed by atoms with Crippen LogP contribution in [0.2, 0.25) is 5.02 Å². The van der Waals surface area contributed by atoms with Crippen molar-refractivity contribution in [2.24, 2.45) is 11.8 Å². The van der Waals surface area contributed by atoms with Gasteiger partial charge in [0, 0.05) is 23.7 Å². The second-order valence-corrected chi connectivity index (χ2v) is 12.2. The number of aromatic nitrogens is 6. The monoisotopic (exact) mass is 599 g/mol. The minimum atomic E-state index is -0.672. The Hall–Kier alpha value is -4.02. The minimum Gasteiger partial charge on any atom is -0.384 e. The zero-order valence-corrected chi connectivity index (χ0v) is 25.0. The first-order valence-electron chi connectivity index (χ1n) is 15.0. The Kier molecular flexibility index (Phi) is 7.48. The fraction of sp³-hybridized carbons (Fsp3) is 0.406. The molecule has 2 aromatic carbocycles. The van der Waals surface area contributed by atoms with E-state index in [1.165, 1.54) is 18.4 Å². The van der Waals surface area contributed by atoms with Crippen LogP contribution in [0.15, 0.2) is 63.8 Å². The maximum Gasteiger partial charge on any atom is 0.434 e. The normalized spacial score (nSPS) is 22.7. The predicted octanol–water partition coefficient (Wildman–Crippen LogP) is 6.28. The highest BCUT2D eigenvalue weighted by atomic mass is 35.5. The van der Waals surface area contributed by atoms with E-state index < -0.39 is 5.76 Å². The van der Waals surface area contributed by atoms with Crippen molar-refractivity contribution in [2.75, 3.05) is 18.1 Å². The smallest absolute Gasteiger partial charge is 0.384 e. The number of imidazole rings is 1. The van der Waals surface area contributed by atoms with Crippen LogP contribution in [-0.2, 0) is 11.3 Å². The number of morpholine rings is 1. The first-order valence-corrected chi connectivity index (χ1v) is 15.4. The zero-order chi connectivity index (χ0) is 29.5. The van der Waals surface area contributed by atoms with Crippen molar-refractivity contribution in [3.8, 4) is 23.0 Å². The lowest BCUT2D eigenvalue weighted by atomic mass is 9.83. The summed E-state index contributed by atoms with van der Waals surface area (Å²) in [6.45, 7) is 6.52. The van der Waals surface area contributed by atoms with Crippen LogP contribution in [0.4, 0.5) is 5.95 Å². The van der Waals surface area contributed by atoms with Crippen molar-refractivity contribution < 1.29 is 9.15 Å². The average Bonchev–Trinajstić information content (AvgIpc) is 3.61. The van der Waals surface area contributed by atoms with Gasteiger partial charge in [-0.1, -0.05) is 73.8 Å². The van der Waals surface area contributed by atoms with E-state index in [-0.39, 0.29) is 23.9 Å². The standard InChI is InChI=1S/C32H34ClN7O3/c1-19-11-13-21(14-12-19)18-40-27-25(23-9-6-10-24(33)17-23)34-29(30-37-38-32(41)43-30)35-28(27)36-31(40)39-15-16-42-20(2)26(39)22-7-4-3-5-8-22/h3-10,17,19-21,26H,11-16,18H2,1-2H3,(H,38,41)/t19-,20-,21-,26-/m0/s1. The van der Waals surface area contributed by atoms with Crippen LogP contribution in [0.1, 0.15) is 51.1 Å². The number of ether oxygens (including phenoxy) is 1. The maximum absolute atomic E-state index is 11.8. The lowest BCUT2D eigenvalue weighted by molar-refractivity contribution is 0.0221. The van der Waals surface area contributed by atoms with E-state index in [0.717, 1.165) is 42.3 Å². The Bertz CT molecular complexity index is 1790. The van der Waals surface area contributed by atoms with Gasteiger partial charge < -0.3 is 18.6 Å². The Morgan fingerprint density at radius 2 is 1.81 bits per heavy atom. The van der Waals surface area contributed by atoms with Crippen LogP contribution in [0.25, 0.3) is 34.1 Å². The van der Waals surface area contributed by atoms with Gasteiger partial charge in [0.05, 0.1) is 18.8 Å². The molecule has 0 unspecified atom stereocenters. The molecule has 10 nitrogen and oxygen atoms in total. The fourth-order valence-corrected chi connectivity index (χ4v) is 6.78. The van der Waals surface area contributed by atoms with Crippen molar-refractivity contribution in [1.82, 2.24) is 29.7 Å². The van der Waals surface area contributed by atoms with Crippen molar-refractivity contribution >= 4 is 28.7 Å². The van der Waals surface area contributed by atoms with E-state index in [9.17, 15) is 4.79 Å². The molecule has 0 spiro atoms. The highest BCUT2D eigenvalue weighted by Gasteiger charge is 2.35. The first kappa shape index (κ1) is 27.8. The molecule has 0 radical (unpaired) electrons. The van der Waals surface area contributed by atoms with Crippen LogP contribution < -0.4 is 10.7 Å². The molecule has 1 N–H and O–H groups in total. The van der Waals surface area contributed by atoms with E-state index in [0.29, 0.717) is 35.4 Å². The predicted molar refractivity (Wildman–Crippen MR) is 165 cm³/mol. The number of fused-ring (bicyclic) bond motifs is 1. The van der Waals surface area contributed by atoms with Crippen LogP contribution in [0.5, 0.6) is 0 Å². The molecule has 4 heterocycles. The molecule has 1 aliphatic heterocycles. The number of aromatic amines is 1. The molecule has 7 rings (SSSR count). The van der Waals surface area contributed by atoms with Crippen molar-refractivity contribution in [3.05, 3.63) is 75.7 Å². The number of hydrogen-bond donors (Lipinski definition) is 1. The molecule has 3 aromatic heterocycles. The molecule has 222 valence electrons. The van der Waals surface area contributed by atoms with Gasteiger partial charge in [0.1, 0.15) is 11.2 Å². The van der Waals surface area contributed by atoms with E-state index >= 15 is 0 Å². The lowest BCUT2D eigenvalue weighted by Crippen LogP contribution is -2.45. The molecule has 1 saturated heterocycles. The Balaban J connectivity index is 1.46. The number of halogens is 1. The summed E-state index contributed by atoms with van der Waals surface area (Å²) in [6.07, 6.45) is 4.70. The summed E-state index contributed by atoms with van der Waals surface area (Å²) < 4.78 is 13.8. The molecule has 0 amide bonds. The average molecular weight is 600 g/mol. The summed E-state index contributed by atoms with van der Waals surface area (Å²) in [5, 5.41) is 6.92. The Morgan fingerprint density at radius 1 is 1.00 bits per heavy atom. The number of nitrogens with one attached hydrogen (secondary N) is 1. The second kappa shape index (κ2) is 11.6. The number of hydrogen-bond acceptors (Lipinski definition) is 8. The van der Waals surface area contributed by atoms with Gasteiger partial charge in [-0.25, -0.2) is 19.9 Å². The molecule has 11 heteroatoms. The number of rotatable bonds is 6. The van der Waals surface area contributed by atoms with Crippen LogP contribution in [0.3, 0.4) is 0 Å². The number of nitrogens with zero attached hydrogens (tertiary/aromatic N) is 6. The van der Waals surface area contributed by atoms with E-state index in [4.69, 9.17) is 35.7 Å². The summed E-state index contributed by atoms with van der Waals surface area (Å²) in [7, 11) is 0. The van der Waals surface area contributed by atoms with Crippen molar-refractivity contribution in [1.29, 1.82) is 0 Å². The third-order valence-corrected chi connectivity index (χ3v) is 9.01. The zero-order valence-electron chi connectivity index (χ0n) is 24.2. The minimum absolute atomic E-state index is 0.00898. The molecule has 5 aromatic rings. The van der Waals surface area contributed by atoms with Gasteiger partial charge in [0.25, 0.3) is 5.89 Å².